The fourth-order valence-corrected chi connectivity index (χ4v) is 3.25. The van der Waals surface area contributed by atoms with Crippen molar-refractivity contribution in [3.05, 3.63) is 52.5 Å². The van der Waals surface area contributed by atoms with Gasteiger partial charge in [0.05, 0.1) is 22.4 Å². The van der Waals surface area contributed by atoms with E-state index in [0.29, 0.717) is 25.0 Å². The molecule has 0 bridgehead atoms. The number of primary sulfonamides is 1. The second-order valence-electron chi connectivity index (χ2n) is 5.49. The van der Waals surface area contributed by atoms with Gasteiger partial charge in [-0.25, -0.2) is 18.5 Å². The summed E-state index contributed by atoms with van der Waals surface area (Å²) in [7, 11) is -3.69. The number of nitrogens with two attached hydrogens (primary N) is 1. The Morgan fingerprint density at radius 3 is 2.54 bits per heavy atom. The molecule has 0 aliphatic heterocycles. The van der Waals surface area contributed by atoms with E-state index in [9.17, 15) is 8.42 Å². The zero-order chi connectivity index (χ0) is 18.7. The van der Waals surface area contributed by atoms with E-state index in [1.54, 1.807) is 12.1 Å². The molecule has 0 amide bonds. The average molecular weight is 437 g/mol. The third-order valence-electron chi connectivity index (χ3n) is 3.61. The Hall–Kier alpha value is -2.23. The molecule has 3 N–H and O–H groups in total. The molecular formula is C17H17BrN4O3S. The Morgan fingerprint density at radius 2 is 1.88 bits per heavy atom. The van der Waals surface area contributed by atoms with Gasteiger partial charge in [0.25, 0.3) is 0 Å². The van der Waals surface area contributed by atoms with Gasteiger partial charge < -0.3 is 10.1 Å². The number of hydrogen-bond donors (Lipinski definition) is 2. The van der Waals surface area contributed by atoms with Crippen molar-refractivity contribution in [1.82, 2.24) is 9.97 Å². The fraction of sp³-hybridized carbons (Fsp3) is 0.176. The van der Waals surface area contributed by atoms with Gasteiger partial charge in [0.1, 0.15) is 0 Å². The summed E-state index contributed by atoms with van der Waals surface area (Å²) in [6.45, 7) is 2.82. The fourth-order valence-electron chi connectivity index (χ4n) is 2.38. The maximum atomic E-state index is 11.3. The molecule has 0 unspecified atom stereocenters. The Labute approximate surface area is 159 Å². The van der Waals surface area contributed by atoms with E-state index in [4.69, 9.17) is 9.88 Å². The number of hydrogen-bond acceptors (Lipinski definition) is 6. The molecule has 0 radical (unpaired) electrons. The van der Waals surface area contributed by atoms with Crippen LogP contribution in [0.1, 0.15) is 12.5 Å². The Balaban J connectivity index is 1.83. The molecule has 0 saturated heterocycles. The van der Waals surface area contributed by atoms with Gasteiger partial charge in [0.15, 0.2) is 0 Å². The van der Waals surface area contributed by atoms with Gasteiger partial charge in [-0.15, -0.1) is 0 Å². The van der Waals surface area contributed by atoms with Gasteiger partial charge in [-0.3, -0.25) is 0 Å². The summed E-state index contributed by atoms with van der Waals surface area (Å²) < 4.78 is 29.1. The van der Waals surface area contributed by atoms with Crippen LogP contribution < -0.4 is 15.2 Å². The monoisotopic (exact) mass is 436 g/mol. The summed E-state index contributed by atoms with van der Waals surface area (Å²) >= 11 is 3.44. The lowest BCUT2D eigenvalue weighted by Crippen LogP contribution is -2.12. The normalized spacial score (nSPS) is 11.5. The summed E-state index contributed by atoms with van der Waals surface area (Å²) in [6.07, 6.45) is 0. The zero-order valence-corrected chi connectivity index (χ0v) is 16.3. The van der Waals surface area contributed by atoms with Crippen LogP contribution in [0.3, 0.4) is 0 Å². The van der Waals surface area contributed by atoms with Crippen molar-refractivity contribution in [1.29, 1.82) is 0 Å². The number of ether oxygens (including phenoxy) is 1. The number of nitrogens with one attached hydrogen (secondary N) is 1. The van der Waals surface area contributed by atoms with E-state index in [1.807, 2.05) is 25.1 Å². The van der Waals surface area contributed by atoms with Gasteiger partial charge in [-0.1, -0.05) is 28.1 Å². The first kappa shape index (κ1) is 18.6. The van der Waals surface area contributed by atoms with Crippen molar-refractivity contribution in [2.24, 2.45) is 5.14 Å². The van der Waals surface area contributed by atoms with Crippen LogP contribution in [0.25, 0.3) is 10.9 Å². The quantitative estimate of drug-likeness (QED) is 0.614. The zero-order valence-electron chi connectivity index (χ0n) is 13.9. The number of sulfonamides is 1. The molecule has 0 aliphatic carbocycles. The molecule has 136 valence electrons. The van der Waals surface area contributed by atoms with E-state index in [-0.39, 0.29) is 4.90 Å². The second kappa shape index (κ2) is 7.56. The van der Waals surface area contributed by atoms with Gasteiger partial charge in [-0.05, 0) is 42.8 Å². The van der Waals surface area contributed by atoms with Gasteiger partial charge in [-0.2, -0.15) is 4.98 Å². The first-order valence-electron chi connectivity index (χ1n) is 7.82. The van der Waals surface area contributed by atoms with E-state index in [0.717, 1.165) is 20.9 Å². The van der Waals surface area contributed by atoms with Crippen molar-refractivity contribution in [3.63, 3.8) is 0 Å². The Bertz CT molecular complexity index is 1040. The Kier molecular flexibility index (Phi) is 5.40. The van der Waals surface area contributed by atoms with Crippen LogP contribution >= 0.6 is 15.9 Å². The maximum absolute atomic E-state index is 11.3. The summed E-state index contributed by atoms with van der Waals surface area (Å²) in [5, 5.41) is 9.05. The predicted molar refractivity (Wildman–Crippen MR) is 104 cm³/mol. The van der Waals surface area contributed by atoms with Crippen molar-refractivity contribution >= 4 is 42.8 Å². The third-order valence-corrected chi connectivity index (χ3v) is 5.03. The highest BCUT2D eigenvalue weighted by Crippen LogP contribution is 2.27. The highest BCUT2D eigenvalue weighted by Gasteiger charge is 2.10. The second-order valence-corrected chi connectivity index (χ2v) is 7.97. The summed E-state index contributed by atoms with van der Waals surface area (Å²) in [5.41, 5.74) is 1.63. The lowest BCUT2D eigenvalue weighted by molar-refractivity contribution is 0.331. The minimum atomic E-state index is -3.69. The van der Waals surface area contributed by atoms with Crippen molar-refractivity contribution in [2.75, 3.05) is 11.9 Å². The smallest absolute Gasteiger partial charge is 0.238 e. The van der Waals surface area contributed by atoms with E-state index < -0.39 is 10.0 Å². The molecule has 2 aromatic carbocycles. The number of halogens is 1. The van der Waals surface area contributed by atoms with Gasteiger partial charge >= 0.3 is 0 Å². The molecule has 9 heteroatoms. The minimum Gasteiger partial charge on any atom is -0.477 e. The summed E-state index contributed by atoms with van der Waals surface area (Å²) in [6, 6.07) is 12.0. The highest BCUT2D eigenvalue weighted by molar-refractivity contribution is 9.10. The van der Waals surface area contributed by atoms with Crippen LogP contribution in [-0.2, 0) is 16.6 Å². The van der Waals surface area contributed by atoms with Crippen LogP contribution in [0.4, 0.5) is 5.95 Å². The average Bonchev–Trinajstić information content (AvgIpc) is 2.60. The standard InChI is InChI=1S/C17H17BrN4O3S/c1-2-25-16-14-9-12(18)5-8-15(14)21-17(22-16)20-10-11-3-6-13(7-4-11)26(19,23)24/h3-9H,2,10H2,1H3,(H2,19,23,24)(H,20,21,22). The molecule has 1 heterocycles. The van der Waals surface area contributed by atoms with Crippen LogP contribution in [0.5, 0.6) is 5.88 Å². The molecule has 0 saturated carbocycles. The number of fused-ring (bicyclic) bond motifs is 1. The number of aromatic nitrogens is 2. The number of nitrogens with zero attached hydrogens (tertiary/aromatic N) is 2. The van der Waals surface area contributed by atoms with Crippen molar-refractivity contribution < 1.29 is 13.2 Å². The number of benzene rings is 2. The molecule has 0 aliphatic rings. The van der Waals surface area contributed by atoms with Crippen LogP contribution in [-0.4, -0.2) is 25.0 Å². The summed E-state index contributed by atoms with van der Waals surface area (Å²) in [4.78, 5) is 8.99. The molecule has 3 rings (SSSR count). The lowest BCUT2D eigenvalue weighted by Gasteiger charge is -2.11. The first-order valence-corrected chi connectivity index (χ1v) is 10.2. The number of rotatable bonds is 6. The molecule has 0 fully saturated rings. The highest BCUT2D eigenvalue weighted by atomic mass is 79.9. The van der Waals surface area contributed by atoms with Crippen LogP contribution in [0.2, 0.25) is 0 Å². The molecule has 1 aromatic heterocycles. The lowest BCUT2D eigenvalue weighted by atomic mass is 10.2. The van der Waals surface area contributed by atoms with E-state index >= 15 is 0 Å². The third kappa shape index (κ3) is 4.29. The van der Waals surface area contributed by atoms with Gasteiger partial charge in [0.2, 0.25) is 21.9 Å². The van der Waals surface area contributed by atoms with Crippen LogP contribution in [0, 0.1) is 0 Å². The molecule has 0 spiro atoms. The topological polar surface area (TPSA) is 107 Å². The largest absolute Gasteiger partial charge is 0.477 e. The number of anilines is 1. The van der Waals surface area contributed by atoms with Crippen molar-refractivity contribution in [3.8, 4) is 5.88 Å². The molecule has 3 aromatic rings. The Morgan fingerprint density at radius 1 is 1.15 bits per heavy atom. The van der Waals surface area contributed by atoms with E-state index in [1.165, 1.54) is 12.1 Å². The summed E-state index contributed by atoms with van der Waals surface area (Å²) in [5.74, 6) is 0.935. The first-order chi connectivity index (χ1) is 12.4. The molecule has 7 nitrogen and oxygen atoms in total. The molecule has 26 heavy (non-hydrogen) atoms. The van der Waals surface area contributed by atoms with Gasteiger partial charge in [0, 0.05) is 11.0 Å². The van der Waals surface area contributed by atoms with Crippen LogP contribution in [0.15, 0.2) is 51.8 Å². The predicted octanol–water partition coefficient (Wildman–Crippen LogP) is 3.05. The molecular weight excluding hydrogens is 420 g/mol. The SMILES string of the molecule is CCOc1nc(NCc2ccc(S(N)(=O)=O)cc2)nc2ccc(Br)cc12. The molecule has 0 atom stereocenters. The minimum absolute atomic E-state index is 0.0763. The van der Waals surface area contributed by atoms with Crippen molar-refractivity contribution in [2.45, 2.75) is 18.4 Å². The van der Waals surface area contributed by atoms with E-state index in [2.05, 4.69) is 31.2 Å². The maximum Gasteiger partial charge on any atom is 0.238 e.